The maximum Gasteiger partial charge on any atom is 0.214 e. The van der Waals surface area contributed by atoms with Gasteiger partial charge in [-0.3, -0.25) is 15.5 Å². The van der Waals surface area contributed by atoms with Crippen LogP contribution >= 0.6 is 0 Å². The van der Waals surface area contributed by atoms with Crippen molar-refractivity contribution < 1.29 is 14.7 Å². The van der Waals surface area contributed by atoms with E-state index in [1.54, 1.807) is 11.0 Å². The average molecular weight is 400 g/mol. The molecule has 0 aliphatic carbocycles. The van der Waals surface area contributed by atoms with Crippen LogP contribution in [-0.2, 0) is 11.3 Å². The number of allylic oxidation sites excluding steroid dienone is 1. The van der Waals surface area contributed by atoms with Crippen molar-refractivity contribution in [3.05, 3.63) is 108 Å². The molecule has 2 N–H and O–H groups in total. The molecule has 3 rings (SSSR count). The molecule has 5 heteroatoms. The zero-order valence-electron chi connectivity index (χ0n) is 16.8. The van der Waals surface area contributed by atoms with Crippen LogP contribution in [0.2, 0.25) is 0 Å². The number of para-hydroxylation sites is 3. The highest BCUT2D eigenvalue weighted by Gasteiger charge is 2.13. The lowest BCUT2D eigenvalue weighted by molar-refractivity contribution is -0.107. The van der Waals surface area contributed by atoms with E-state index in [0.717, 1.165) is 28.8 Å². The summed E-state index contributed by atoms with van der Waals surface area (Å²) in [6.07, 6.45) is 4.31. The first-order valence-electron chi connectivity index (χ1n) is 9.51. The Hall–Kier alpha value is -3.83. The molecule has 0 aliphatic rings. The quantitative estimate of drug-likeness (QED) is 0.285. The van der Waals surface area contributed by atoms with Crippen LogP contribution < -0.4 is 15.1 Å². The largest absolute Gasteiger partial charge is 0.455 e. The Morgan fingerprint density at radius 3 is 2.37 bits per heavy atom. The van der Waals surface area contributed by atoms with Crippen LogP contribution in [-0.4, -0.2) is 11.6 Å². The van der Waals surface area contributed by atoms with Crippen molar-refractivity contribution in [1.29, 1.82) is 0 Å². The van der Waals surface area contributed by atoms with Gasteiger partial charge in [-0.2, -0.15) is 0 Å². The molecule has 0 radical (unpaired) electrons. The van der Waals surface area contributed by atoms with Gasteiger partial charge in [0.05, 0.1) is 17.9 Å². The molecule has 0 unspecified atom stereocenters. The minimum atomic E-state index is 0.400. The van der Waals surface area contributed by atoms with E-state index >= 15 is 0 Å². The fraction of sp³-hybridized carbons (Fsp3) is 0.0800. The van der Waals surface area contributed by atoms with Gasteiger partial charge in [0.25, 0.3) is 0 Å². The molecule has 0 bridgehead atoms. The number of aryl methyl sites for hydroxylation is 1. The van der Waals surface area contributed by atoms with E-state index in [4.69, 9.17) is 9.94 Å². The number of benzene rings is 3. The van der Waals surface area contributed by atoms with E-state index in [0.29, 0.717) is 23.7 Å². The van der Waals surface area contributed by atoms with Gasteiger partial charge >= 0.3 is 0 Å². The van der Waals surface area contributed by atoms with Gasteiger partial charge in [0.15, 0.2) is 5.75 Å². The van der Waals surface area contributed by atoms with E-state index in [1.165, 1.54) is 0 Å². The number of rotatable bonds is 9. The Morgan fingerprint density at radius 2 is 1.70 bits per heavy atom. The predicted octanol–water partition coefficient (Wildman–Crippen LogP) is 5.46. The Labute approximate surface area is 176 Å². The number of hydroxylamine groups is 1. The van der Waals surface area contributed by atoms with E-state index in [9.17, 15) is 4.79 Å². The monoisotopic (exact) mass is 400 g/mol. The van der Waals surface area contributed by atoms with Crippen molar-refractivity contribution >= 4 is 18.2 Å². The van der Waals surface area contributed by atoms with Crippen LogP contribution in [0.15, 0.2) is 91.1 Å². The van der Waals surface area contributed by atoms with Crippen molar-refractivity contribution in [2.45, 2.75) is 13.5 Å². The Balaban J connectivity index is 1.78. The minimum Gasteiger partial charge on any atom is -0.455 e. The van der Waals surface area contributed by atoms with E-state index in [1.807, 2.05) is 91.3 Å². The third-order valence-electron chi connectivity index (χ3n) is 4.57. The Bertz CT molecular complexity index is 1040. The van der Waals surface area contributed by atoms with Crippen LogP contribution in [0.1, 0.15) is 16.7 Å². The molecule has 0 atom stereocenters. The molecule has 0 saturated heterocycles. The third-order valence-corrected chi connectivity index (χ3v) is 4.57. The van der Waals surface area contributed by atoms with Gasteiger partial charge in [-0.15, -0.1) is 0 Å². The topological polar surface area (TPSA) is 61.8 Å². The summed E-state index contributed by atoms with van der Waals surface area (Å²) in [5.74, 6) is 1.37. The second kappa shape index (κ2) is 10.1. The second-order valence-corrected chi connectivity index (χ2v) is 6.78. The highest BCUT2D eigenvalue weighted by Crippen LogP contribution is 2.33. The van der Waals surface area contributed by atoms with Gasteiger partial charge in [-0.1, -0.05) is 67.3 Å². The van der Waals surface area contributed by atoms with Crippen LogP contribution in [0.4, 0.5) is 5.69 Å². The number of ether oxygens (including phenoxy) is 1. The molecule has 0 fully saturated rings. The van der Waals surface area contributed by atoms with Crippen molar-refractivity contribution in [2.24, 2.45) is 0 Å². The number of nitrogens with one attached hydrogen (secondary N) is 1. The fourth-order valence-electron chi connectivity index (χ4n) is 2.91. The standard InChI is InChI=1S/C25H24N2O3/c1-19-7-3-5-9-24(19)30-25-10-6-4-8-23(25)27(18-28)17-22-15-13-21(14-16-22)12-11-20(2)26-29/h3-16,18,26,29H,2,17H2,1H3/b12-11+. The smallest absolute Gasteiger partial charge is 0.214 e. The SMILES string of the molecule is C=C(/C=C/c1ccc(CN(C=O)c2ccccc2Oc2ccccc2C)cc1)NO. The van der Waals surface area contributed by atoms with Crippen LogP contribution in [0.25, 0.3) is 6.08 Å². The average Bonchev–Trinajstić information content (AvgIpc) is 2.78. The van der Waals surface area contributed by atoms with E-state index in [-0.39, 0.29) is 0 Å². The first kappa shape index (κ1) is 20.9. The number of carbonyl (C=O) groups excluding carboxylic acids is 1. The molecule has 5 nitrogen and oxygen atoms in total. The van der Waals surface area contributed by atoms with Gasteiger partial charge in [0, 0.05) is 0 Å². The summed E-state index contributed by atoms with van der Waals surface area (Å²) >= 11 is 0. The lowest BCUT2D eigenvalue weighted by Crippen LogP contribution is -2.20. The van der Waals surface area contributed by atoms with Gasteiger partial charge in [-0.25, -0.2) is 0 Å². The van der Waals surface area contributed by atoms with Crippen LogP contribution in [0.3, 0.4) is 0 Å². The maximum absolute atomic E-state index is 11.9. The summed E-state index contributed by atoms with van der Waals surface area (Å²) < 4.78 is 6.10. The second-order valence-electron chi connectivity index (χ2n) is 6.78. The molecule has 30 heavy (non-hydrogen) atoms. The molecular formula is C25H24N2O3. The molecular weight excluding hydrogens is 376 g/mol. The summed E-state index contributed by atoms with van der Waals surface area (Å²) in [6.45, 7) is 6.02. The highest BCUT2D eigenvalue weighted by atomic mass is 16.5. The molecule has 1 amide bonds. The minimum absolute atomic E-state index is 0.400. The van der Waals surface area contributed by atoms with Crippen LogP contribution in [0.5, 0.6) is 11.5 Å². The normalized spacial score (nSPS) is 10.6. The molecule has 0 aromatic heterocycles. The van der Waals surface area contributed by atoms with Crippen LogP contribution in [0, 0.1) is 6.92 Å². The van der Waals surface area contributed by atoms with Crippen molar-refractivity contribution in [1.82, 2.24) is 5.48 Å². The highest BCUT2D eigenvalue weighted by molar-refractivity contribution is 5.79. The molecule has 0 saturated carbocycles. The first-order chi connectivity index (χ1) is 14.6. The third kappa shape index (κ3) is 5.37. The molecule has 0 aliphatic heterocycles. The van der Waals surface area contributed by atoms with Crippen molar-refractivity contribution in [3.8, 4) is 11.5 Å². The van der Waals surface area contributed by atoms with Crippen molar-refractivity contribution in [2.75, 3.05) is 4.90 Å². The lowest BCUT2D eigenvalue weighted by atomic mass is 10.1. The predicted molar refractivity (Wildman–Crippen MR) is 119 cm³/mol. The molecule has 0 spiro atoms. The summed E-state index contributed by atoms with van der Waals surface area (Å²) in [5, 5.41) is 8.77. The maximum atomic E-state index is 11.9. The lowest BCUT2D eigenvalue weighted by Gasteiger charge is -2.21. The summed E-state index contributed by atoms with van der Waals surface area (Å²) in [6, 6.07) is 23.0. The van der Waals surface area contributed by atoms with Crippen molar-refractivity contribution in [3.63, 3.8) is 0 Å². The summed E-state index contributed by atoms with van der Waals surface area (Å²) in [5.41, 5.74) is 6.04. The number of nitrogens with zero attached hydrogens (tertiary/aromatic N) is 1. The zero-order valence-corrected chi connectivity index (χ0v) is 16.8. The molecule has 3 aromatic carbocycles. The summed E-state index contributed by atoms with van der Waals surface area (Å²) in [4.78, 5) is 13.5. The van der Waals surface area contributed by atoms with Gasteiger partial charge in [0.1, 0.15) is 5.75 Å². The number of anilines is 1. The first-order valence-corrected chi connectivity index (χ1v) is 9.51. The van der Waals surface area contributed by atoms with Gasteiger partial charge < -0.3 is 9.64 Å². The molecule has 0 heterocycles. The number of hydrogen-bond donors (Lipinski definition) is 2. The Kier molecular flexibility index (Phi) is 7.03. The number of carbonyl (C=O) groups is 1. The Morgan fingerprint density at radius 1 is 1.03 bits per heavy atom. The fourth-order valence-corrected chi connectivity index (χ4v) is 2.91. The van der Waals surface area contributed by atoms with Gasteiger partial charge in [0.2, 0.25) is 6.41 Å². The number of amides is 1. The molecule has 152 valence electrons. The van der Waals surface area contributed by atoms with E-state index < -0.39 is 0 Å². The molecule has 3 aromatic rings. The van der Waals surface area contributed by atoms with E-state index in [2.05, 4.69) is 6.58 Å². The summed E-state index contributed by atoms with van der Waals surface area (Å²) in [7, 11) is 0. The zero-order chi connectivity index (χ0) is 21.3. The van der Waals surface area contributed by atoms with Gasteiger partial charge in [-0.05, 0) is 47.9 Å². The number of hydrogen-bond acceptors (Lipinski definition) is 4.